The predicted molar refractivity (Wildman–Crippen MR) is 83.0 cm³/mol. The van der Waals surface area contributed by atoms with Crippen molar-refractivity contribution in [3.63, 3.8) is 0 Å². The molecule has 1 amide bonds. The summed E-state index contributed by atoms with van der Waals surface area (Å²) in [4.78, 5) is 25.9. The molecule has 0 radical (unpaired) electrons. The highest BCUT2D eigenvalue weighted by Gasteiger charge is 2.45. The Kier molecular flexibility index (Phi) is 5.93. The van der Waals surface area contributed by atoms with Crippen LogP contribution in [0.5, 0.6) is 0 Å². The highest BCUT2D eigenvalue weighted by Crippen LogP contribution is 2.50. The second-order valence-electron chi connectivity index (χ2n) is 5.09. The summed E-state index contributed by atoms with van der Waals surface area (Å²) in [6.07, 6.45) is 0.434. The number of rotatable bonds is 6. The Morgan fingerprint density at radius 3 is 2.48 bits per heavy atom. The summed E-state index contributed by atoms with van der Waals surface area (Å²) in [7, 11) is -1.57. The van der Waals surface area contributed by atoms with E-state index in [4.69, 9.17) is 13.8 Å². The summed E-state index contributed by atoms with van der Waals surface area (Å²) in [5.41, 5.74) is 0.138. The van der Waals surface area contributed by atoms with Gasteiger partial charge >= 0.3 is 13.7 Å². The van der Waals surface area contributed by atoms with Crippen LogP contribution in [-0.2, 0) is 29.8 Å². The quantitative estimate of drug-likeness (QED) is 0.740. The monoisotopic (exact) mass is 341 g/mol. The standard InChI is InChI=1S/C15H20NO6P/c1-20-23(19,21-2)14(17)13-9-6-10-16(13)15(18)22-11-12-7-4-3-5-8-12/h3-5,7-8,13H,6,9-11H2,1-2H3/t13-/m0/s1. The molecule has 1 saturated heterocycles. The Morgan fingerprint density at radius 2 is 1.87 bits per heavy atom. The maximum absolute atomic E-state index is 12.4. The average molecular weight is 341 g/mol. The molecule has 8 heteroatoms. The number of amides is 1. The lowest BCUT2D eigenvalue weighted by Gasteiger charge is -2.24. The molecule has 0 bridgehead atoms. The molecule has 1 aliphatic rings. The molecule has 23 heavy (non-hydrogen) atoms. The molecule has 1 aromatic rings. The van der Waals surface area contributed by atoms with Gasteiger partial charge in [-0.15, -0.1) is 0 Å². The van der Waals surface area contributed by atoms with Crippen molar-refractivity contribution in [2.45, 2.75) is 25.5 Å². The third-order valence-electron chi connectivity index (χ3n) is 3.73. The molecule has 1 fully saturated rings. The lowest BCUT2D eigenvalue weighted by Crippen LogP contribution is -2.40. The van der Waals surface area contributed by atoms with Gasteiger partial charge in [0.05, 0.1) is 0 Å². The number of carbonyl (C=O) groups is 2. The van der Waals surface area contributed by atoms with Crippen molar-refractivity contribution in [3.05, 3.63) is 35.9 Å². The van der Waals surface area contributed by atoms with Gasteiger partial charge in [0.2, 0.25) is 0 Å². The van der Waals surface area contributed by atoms with Gasteiger partial charge in [0, 0.05) is 20.8 Å². The van der Waals surface area contributed by atoms with E-state index in [-0.39, 0.29) is 6.61 Å². The smallest absolute Gasteiger partial charge is 0.410 e. The van der Waals surface area contributed by atoms with Gasteiger partial charge in [0.15, 0.2) is 0 Å². The molecule has 0 saturated carbocycles. The van der Waals surface area contributed by atoms with Gasteiger partial charge in [-0.1, -0.05) is 30.3 Å². The van der Waals surface area contributed by atoms with E-state index in [2.05, 4.69) is 0 Å². The SMILES string of the molecule is COP(=O)(OC)C(=O)[C@@H]1CCCN1C(=O)OCc1ccccc1. The first-order chi connectivity index (χ1) is 11.0. The van der Waals surface area contributed by atoms with Crippen molar-refractivity contribution < 1.29 is 27.9 Å². The zero-order chi connectivity index (χ0) is 16.9. The predicted octanol–water partition coefficient (Wildman–Crippen LogP) is 2.80. The van der Waals surface area contributed by atoms with E-state index in [1.165, 1.54) is 4.90 Å². The van der Waals surface area contributed by atoms with E-state index >= 15 is 0 Å². The second kappa shape index (κ2) is 7.73. The van der Waals surface area contributed by atoms with Crippen molar-refractivity contribution in [1.82, 2.24) is 4.90 Å². The van der Waals surface area contributed by atoms with Crippen LogP contribution >= 0.6 is 7.60 Å². The number of likely N-dealkylation sites (tertiary alicyclic amines) is 1. The van der Waals surface area contributed by atoms with E-state index in [9.17, 15) is 14.2 Å². The van der Waals surface area contributed by atoms with Crippen molar-refractivity contribution in [1.29, 1.82) is 0 Å². The van der Waals surface area contributed by atoms with Crippen LogP contribution in [0, 0.1) is 0 Å². The molecule has 0 aromatic heterocycles. The summed E-state index contributed by atoms with van der Waals surface area (Å²) in [6, 6.07) is 8.39. The Morgan fingerprint density at radius 1 is 1.22 bits per heavy atom. The van der Waals surface area contributed by atoms with Gasteiger partial charge in [0.1, 0.15) is 12.6 Å². The molecule has 0 unspecified atom stereocenters. The fraction of sp³-hybridized carbons (Fsp3) is 0.467. The largest absolute Gasteiger partial charge is 0.445 e. The van der Waals surface area contributed by atoms with Crippen molar-refractivity contribution in [3.8, 4) is 0 Å². The molecule has 126 valence electrons. The molecular weight excluding hydrogens is 321 g/mol. The fourth-order valence-electron chi connectivity index (χ4n) is 2.48. The van der Waals surface area contributed by atoms with Crippen molar-refractivity contribution in [2.24, 2.45) is 0 Å². The van der Waals surface area contributed by atoms with Crippen LogP contribution in [0.4, 0.5) is 4.79 Å². The van der Waals surface area contributed by atoms with Gasteiger partial charge in [-0.3, -0.25) is 14.3 Å². The van der Waals surface area contributed by atoms with Gasteiger partial charge < -0.3 is 13.8 Å². The van der Waals surface area contributed by atoms with E-state index < -0.39 is 25.3 Å². The summed E-state index contributed by atoms with van der Waals surface area (Å²) >= 11 is 0. The highest BCUT2D eigenvalue weighted by molar-refractivity contribution is 7.72. The molecule has 0 aliphatic carbocycles. The third-order valence-corrected chi connectivity index (χ3v) is 5.53. The first kappa shape index (κ1) is 17.7. The molecule has 0 spiro atoms. The van der Waals surface area contributed by atoms with Crippen LogP contribution in [0.2, 0.25) is 0 Å². The first-order valence-electron chi connectivity index (χ1n) is 7.25. The summed E-state index contributed by atoms with van der Waals surface area (Å²) in [5.74, 6) is 0. The lowest BCUT2D eigenvalue weighted by atomic mass is 10.2. The van der Waals surface area contributed by atoms with E-state index in [1.54, 1.807) is 0 Å². The second-order valence-corrected chi connectivity index (χ2v) is 7.26. The van der Waals surface area contributed by atoms with Crippen LogP contribution in [0.3, 0.4) is 0 Å². The zero-order valence-electron chi connectivity index (χ0n) is 13.1. The fourth-order valence-corrected chi connectivity index (χ4v) is 3.62. The van der Waals surface area contributed by atoms with Crippen LogP contribution in [0.15, 0.2) is 30.3 Å². The molecule has 1 aliphatic heterocycles. The zero-order valence-corrected chi connectivity index (χ0v) is 14.0. The Balaban J connectivity index is 2.02. The first-order valence-corrected chi connectivity index (χ1v) is 8.79. The number of benzene rings is 1. The summed E-state index contributed by atoms with van der Waals surface area (Å²) < 4.78 is 26.9. The summed E-state index contributed by atoms with van der Waals surface area (Å²) in [5, 5.41) is 0. The van der Waals surface area contributed by atoms with Crippen molar-refractivity contribution in [2.75, 3.05) is 20.8 Å². The van der Waals surface area contributed by atoms with Gasteiger partial charge in [0.25, 0.3) is 5.52 Å². The maximum Gasteiger partial charge on any atom is 0.410 e. The van der Waals surface area contributed by atoms with Gasteiger partial charge in [-0.25, -0.2) is 4.79 Å². The molecule has 0 N–H and O–H groups in total. The summed E-state index contributed by atoms with van der Waals surface area (Å²) in [6.45, 7) is 0.487. The minimum Gasteiger partial charge on any atom is -0.445 e. The van der Waals surface area contributed by atoms with E-state index in [0.29, 0.717) is 19.4 Å². The van der Waals surface area contributed by atoms with Crippen LogP contribution < -0.4 is 0 Å². The van der Waals surface area contributed by atoms with Crippen molar-refractivity contribution >= 4 is 19.2 Å². The molecule has 1 aromatic carbocycles. The number of hydrogen-bond donors (Lipinski definition) is 0. The van der Waals surface area contributed by atoms with Gasteiger partial charge in [-0.2, -0.15) is 0 Å². The number of nitrogens with zero attached hydrogens (tertiary/aromatic N) is 1. The number of hydrogen-bond acceptors (Lipinski definition) is 6. The Bertz CT molecular complexity index is 597. The van der Waals surface area contributed by atoms with Crippen LogP contribution in [0.1, 0.15) is 18.4 Å². The van der Waals surface area contributed by atoms with E-state index in [0.717, 1.165) is 19.8 Å². The Hall–Kier alpha value is -1.69. The topological polar surface area (TPSA) is 82.1 Å². The average Bonchev–Trinajstić information content (AvgIpc) is 3.08. The molecule has 7 nitrogen and oxygen atoms in total. The minimum absolute atomic E-state index is 0.114. The van der Waals surface area contributed by atoms with Gasteiger partial charge in [-0.05, 0) is 18.4 Å². The molecule has 1 heterocycles. The number of ether oxygens (including phenoxy) is 1. The molecule has 2 rings (SSSR count). The van der Waals surface area contributed by atoms with Crippen LogP contribution in [-0.4, -0.2) is 43.3 Å². The normalized spacial score (nSPS) is 18.0. The Labute approximate surface area is 135 Å². The van der Waals surface area contributed by atoms with Crippen LogP contribution in [0.25, 0.3) is 0 Å². The van der Waals surface area contributed by atoms with E-state index in [1.807, 2.05) is 30.3 Å². The molecule has 1 atom stereocenters. The third kappa shape index (κ3) is 3.99. The minimum atomic E-state index is -3.86. The molecular formula is C15H20NO6P. The highest BCUT2D eigenvalue weighted by atomic mass is 31.2. The lowest BCUT2D eigenvalue weighted by molar-refractivity contribution is -0.117. The number of carbonyl (C=O) groups excluding carboxylic acids is 2. The maximum atomic E-state index is 12.4.